The van der Waals surface area contributed by atoms with Gasteiger partial charge in [-0.25, -0.2) is 0 Å². The van der Waals surface area contributed by atoms with Gasteiger partial charge in [0.05, 0.1) is 25.0 Å². The number of aliphatic carboxylic acids is 1. The normalized spacial score (nSPS) is 12.0. The van der Waals surface area contributed by atoms with Gasteiger partial charge in [0.2, 0.25) is 5.91 Å². The van der Waals surface area contributed by atoms with E-state index < -0.39 is 30.3 Å². The summed E-state index contributed by atoms with van der Waals surface area (Å²) in [6.45, 7) is 3.52. The number of carboxylic acids is 1. The predicted octanol–water partition coefficient (Wildman–Crippen LogP) is -0.754. The van der Waals surface area contributed by atoms with E-state index >= 15 is 0 Å². The maximum Gasteiger partial charge on any atom is 0.307 e. The number of carboxylic acid groups (broad SMARTS) is 1. The molecular formula is C10H18N2O5. The van der Waals surface area contributed by atoms with Crippen LogP contribution in [0.2, 0.25) is 0 Å². The lowest BCUT2D eigenvalue weighted by Crippen LogP contribution is -2.42. The topological polar surface area (TPSA) is 119 Å². The molecule has 0 spiro atoms. The molecule has 1 amide bonds. The van der Waals surface area contributed by atoms with E-state index in [9.17, 15) is 14.4 Å². The van der Waals surface area contributed by atoms with Crippen molar-refractivity contribution in [2.24, 2.45) is 5.73 Å². The van der Waals surface area contributed by atoms with Crippen LogP contribution in [0, 0.1) is 0 Å². The first-order valence-electron chi connectivity index (χ1n) is 5.27. The van der Waals surface area contributed by atoms with Gasteiger partial charge in [0, 0.05) is 6.54 Å². The number of amides is 1. The molecule has 1 atom stereocenters. The van der Waals surface area contributed by atoms with Crippen LogP contribution >= 0.6 is 0 Å². The molecule has 0 aliphatic carbocycles. The smallest absolute Gasteiger partial charge is 0.307 e. The van der Waals surface area contributed by atoms with Crippen LogP contribution in [0.1, 0.15) is 26.7 Å². The summed E-state index contributed by atoms with van der Waals surface area (Å²) in [5.41, 5.74) is 5.31. The zero-order valence-corrected chi connectivity index (χ0v) is 9.93. The maximum atomic E-state index is 11.2. The van der Waals surface area contributed by atoms with Crippen molar-refractivity contribution in [1.29, 1.82) is 0 Å². The highest BCUT2D eigenvalue weighted by Gasteiger charge is 2.16. The van der Waals surface area contributed by atoms with Gasteiger partial charge >= 0.3 is 11.9 Å². The van der Waals surface area contributed by atoms with Crippen molar-refractivity contribution >= 4 is 17.8 Å². The summed E-state index contributed by atoms with van der Waals surface area (Å²) in [6, 6.07) is -1.10. The van der Waals surface area contributed by atoms with Crippen molar-refractivity contribution in [2.45, 2.75) is 38.8 Å². The van der Waals surface area contributed by atoms with Crippen LogP contribution in [0.15, 0.2) is 0 Å². The molecule has 7 heteroatoms. The van der Waals surface area contributed by atoms with Crippen LogP contribution in [-0.4, -0.2) is 41.6 Å². The lowest BCUT2D eigenvalue weighted by atomic mass is 10.2. The molecule has 0 aromatic rings. The summed E-state index contributed by atoms with van der Waals surface area (Å²) in [5, 5.41) is 10.8. The van der Waals surface area contributed by atoms with E-state index in [4.69, 9.17) is 15.6 Å². The van der Waals surface area contributed by atoms with Crippen molar-refractivity contribution in [3.63, 3.8) is 0 Å². The minimum Gasteiger partial charge on any atom is -0.481 e. The quantitative estimate of drug-likeness (QED) is 0.508. The summed E-state index contributed by atoms with van der Waals surface area (Å²) in [7, 11) is 0. The van der Waals surface area contributed by atoms with Crippen LogP contribution in [0.25, 0.3) is 0 Å². The minimum atomic E-state index is -1.15. The van der Waals surface area contributed by atoms with Gasteiger partial charge in [-0.15, -0.1) is 0 Å². The summed E-state index contributed by atoms with van der Waals surface area (Å²) in [6.07, 6.45) is -0.612. The van der Waals surface area contributed by atoms with Crippen molar-refractivity contribution < 1.29 is 24.2 Å². The molecule has 7 nitrogen and oxygen atoms in total. The highest BCUT2D eigenvalue weighted by atomic mass is 16.5. The molecule has 0 heterocycles. The molecule has 0 unspecified atom stereocenters. The zero-order chi connectivity index (χ0) is 13.4. The second kappa shape index (κ2) is 7.61. The van der Waals surface area contributed by atoms with Gasteiger partial charge in [-0.2, -0.15) is 0 Å². The van der Waals surface area contributed by atoms with Gasteiger partial charge in [-0.3, -0.25) is 14.4 Å². The Hall–Kier alpha value is -1.63. The number of carbonyl (C=O) groups excluding carboxylic acids is 2. The van der Waals surface area contributed by atoms with Crippen LogP contribution in [0.4, 0.5) is 0 Å². The summed E-state index contributed by atoms with van der Waals surface area (Å²) >= 11 is 0. The fourth-order valence-electron chi connectivity index (χ4n) is 1.02. The van der Waals surface area contributed by atoms with Gasteiger partial charge in [-0.05, 0) is 13.8 Å². The van der Waals surface area contributed by atoms with E-state index in [2.05, 4.69) is 5.32 Å². The first-order chi connectivity index (χ1) is 7.82. The van der Waals surface area contributed by atoms with Gasteiger partial charge in [0.1, 0.15) is 0 Å². The monoisotopic (exact) mass is 246 g/mol. The summed E-state index contributed by atoms with van der Waals surface area (Å²) < 4.78 is 4.84. The van der Waals surface area contributed by atoms with E-state index in [1.165, 1.54) is 0 Å². The third-order valence-corrected chi connectivity index (χ3v) is 1.73. The second-order valence-electron chi connectivity index (χ2n) is 3.78. The lowest BCUT2D eigenvalue weighted by Gasteiger charge is -2.11. The molecule has 0 saturated carbocycles. The fourth-order valence-corrected chi connectivity index (χ4v) is 1.02. The number of hydrogen-bond donors (Lipinski definition) is 3. The Morgan fingerprint density at radius 1 is 1.35 bits per heavy atom. The van der Waals surface area contributed by atoms with E-state index in [0.29, 0.717) is 0 Å². The Morgan fingerprint density at radius 2 is 1.94 bits per heavy atom. The molecule has 98 valence electrons. The van der Waals surface area contributed by atoms with E-state index in [0.717, 1.165) is 0 Å². The molecule has 17 heavy (non-hydrogen) atoms. The molecule has 4 N–H and O–H groups in total. The molecule has 0 aromatic carbocycles. The summed E-state index contributed by atoms with van der Waals surface area (Å²) in [5.74, 6) is -2.16. The van der Waals surface area contributed by atoms with Crippen molar-refractivity contribution in [2.75, 3.05) is 6.54 Å². The molecule has 0 aromatic heterocycles. The van der Waals surface area contributed by atoms with E-state index in [1.807, 2.05) is 0 Å². The molecule has 0 rings (SSSR count). The van der Waals surface area contributed by atoms with Gasteiger partial charge < -0.3 is 20.9 Å². The number of ether oxygens (including phenoxy) is 1. The van der Waals surface area contributed by atoms with Crippen LogP contribution in [0.3, 0.4) is 0 Å². The van der Waals surface area contributed by atoms with Crippen LogP contribution < -0.4 is 11.1 Å². The molecule has 0 fully saturated rings. The first-order valence-corrected chi connectivity index (χ1v) is 5.27. The van der Waals surface area contributed by atoms with Crippen LogP contribution in [-0.2, 0) is 19.1 Å². The Bertz CT molecular complexity index is 290. The third-order valence-electron chi connectivity index (χ3n) is 1.73. The molecule has 0 aliphatic heterocycles. The van der Waals surface area contributed by atoms with Crippen LogP contribution in [0.5, 0.6) is 0 Å². The Labute approximate surface area is 99.3 Å². The molecular weight excluding hydrogens is 228 g/mol. The SMILES string of the molecule is CC(C)OC(=O)CCNC(=O)[C@H](N)CC(=O)O. The average Bonchev–Trinajstić information content (AvgIpc) is 2.14. The molecule has 0 bridgehead atoms. The van der Waals surface area contributed by atoms with Crippen molar-refractivity contribution in [1.82, 2.24) is 5.32 Å². The Morgan fingerprint density at radius 3 is 2.41 bits per heavy atom. The van der Waals surface area contributed by atoms with Gasteiger partial charge in [-0.1, -0.05) is 0 Å². The number of carbonyl (C=O) groups is 3. The standard InChI is InChI=1S/C10H18N2O5/c1-6(2)17-9(15)3-4-12-10(16)7(11)5-8(13)14/h6-7H,3-5,11H2,1-2H3,(H,12,16)(H,13,14)/t7-/m1/s1. The van der Waals surface area contributed by atoms with Gasteiger partial charge in [0.15, 0.2) is 0 Å². The lowest BCUT2D eigenvalue weighted by molar-refractivity contribution is -0.147. The third kappa shape index (κ3) is 8.21. The molecule has 0 aliphatic rings. The second-order valence-corrected chi connectivity index (χ2v) is 3.78. The average molecular weight is 246 g/mol. The van der Waals surface area contributed by atoms with Crippen molar-refractivity contribution in [3.05, 3.63) is 0 Å². The largest absolute Gasteiger partial charge is 0.481 e. The predicted molar refractivity (Wildman–Crippen MR) is 59.1 cm³/mol. The minimum absolute atomic E-state index is 0.0315. The fraction of sp³-hybridized carbons (Fsp3) is 0.700. The van der Waals surface area contributed by atoms with E-state index in [1.54, 1.807) is 13.8 Å². The highest BCUT2D eigenvalue weighted by molar-refractivity contribution is 5.86. The van der Waals surface area contributed by atoms with Gasteiger partial charge in [0.25, 0.3) is 0 Å². The molecule has 0 radical (unpaired) electrons. The molecule has 0 saturated heterocycles. The zero-order valence-electron chi connectivity index (χ0n) is 9.93. The number of hydrogen-bond acceptors (Lipinski definition) is 5. The van der Waals surface area contributed by atoms with Crippen molar-refractivity contribution in [3.8, 4) is 0 Å². The first kappa shape index (κ1) is 15.4. The van der Waals surface area contributed by atoms with E-state index in [-0.39, 0.29) is 19.1 Å². The Kier molecular flexibility index (Phi) is 6.88. The number of nitrogens with one attached hydrogen (secondary N) is 1. The number of rotatable bonds is 7. The highest BCUT2D eigenvalue weighted by Crippen LogP contribution is 1.93. The Balaban J connectivity index is 3.77. The number of esters is 1. The maximum absolute atomic E-state index is 11.2. The number of nitrogens with two attached hydrogens (primary N) is 1. The summed E-state index contributed by atoms with van der Waals surface area (Å²) in [4.78, 5) is 32.6.